The average molecular weight is 532 g/mol. The van der Waals surface area contributed by atoms with Crippen LogP contribution in [0.2, 0.25) is 0 Å². The Morgan fingerprint density at radius 2 is 1.74 bits per heavy atom. The van der Waals surface area contributed by atoms with Gasteiger partial charge < -0.3 is 15.4 Å². The molecular weight excluding hydrogens is 504 g/mol. The smallest absolute Gasteiger partial charge is 0.260 e. The van der Waals surface area contributed by atoms with Crippen LogP contribution < -0.4 is 10.5 Å². The first-order valence-corrected chi connectivity index (χ1v) is 12.7. The van der Waals surface area contributed by atoms with Crippen molar-refractivity contribution in [3.8, 4) is 23.1 Å². The summed E-state index contributed by atoms with van der Waals surface area (Å²) >= 11 is 0. The molecule has 1 saturated carbocycles. The maximum Gasteiger partial charge on any atom is 0.260 e. The summed E-state index contributed by atoms with van der Waals surface area (Å²) in [5, 5.41) is 4.15. The van der Waals surface area contributed by atoms with Crippen molar-refractivity contribution in [1.82, 2.24) is 29.6 Å². The zero-order valence-corrected chi connectivity index (χ0v) is 21.7. The lowest BCUT2D eigenvalue weighted by atomic mass is 9.95. The predicted molar refractivity (Wildman–Crippen MR) is 138 cm³/mol. The largest absolute Gasteiger partial charge is 0.474 e. The van der Waals surface area contributed by atoms with E-state index in [1.165, 1.54) is 24.5 Å². The lowest BCUT2D eigenvalue weighted by Gasteiger charge is -2.22. The molecule has 6 rings (SSSR count). The minimum Gasteiger partial charge on any atom is -0.474 e. The Kier molecular flexibility index (Phi) is 5.91. The van der Waals surface area contributed by atoms with E-state index < -0.39 is 17.4 Å². The molecule has 39 heavy (non-hydrogen) atoms. The molecule has 2 N–H and O–H groups in total. The maximum atomic E-state index is 15.2. The molecule has 11 heteroatoms. The fourth-order valence-corrected chi connectivity index (χ4v) is 5.09. The van der Waals surface area contributed by atoms with Gasteiger partial charge >= 0.3 is 0 Å². The molecule has 3 aromatic heterocycles. The minimum atomic E-state index is -0.782. The summed E-state index contributed by atoms with van der Waals surface area (Å²) in [6.45, 7) is 6.25. The van der Waals surface area contributed by atoms with E-state index in [2.05, 4.69) is 20.1 Å². The van der Waals surface area contributed by atoms with Crippen LogP contribution in [0.5, 0.6) is 5.88 Å². The Hall–Kier alpha value is -4.25. The second-order valence-electron chi connectivity index (χ2n) is 10.6. The molecule has 2 unspecified atom stereocenters. The van der Waals surface area contributed by atoms with E-state index in [0.717, 1.165) is 15.8 Å². The number of pyridine rings is 1. The van der Waals surface area contributed by atoms with Gasteiger partial charge in [0.2, 0.25) is 11.8 Å². The van der Waals surface area contributed by atoms with E-state index in [0.29, 0.717) is 24.7 Å². The van der Waals surface area contributed by atoms with E-state index >= 15 is 4.39 Å². The molecule has 1 aliphatic heterocycles. The highest BCUT2D eigenvalue weighted by Gasteiger charge is 2.59. The topological polar surface area (TPSA) is 112 Å². The molecular formula is C28H27F2N7O2. The van der Waals surface area contributed by atoms with Crippen LogP contribution in [0.25, 0.3) is 17.2 Å². The highest BCUT2D eigenvalue weighted by molar-refractivity contribution is 5.95. The summed E-state index contributed by atoms with van der Waals surface area (Å²) in [4.78, 5) is 27.6. The number of hydrogen-bond donors (Lipinski definition) is 1. The van der Waals surface area contributed by atoms with Crippen LogP contribution in [0.4, 0.5) is 8.78 Å². The molecule has 200 valence electrons. The normalized spacial score (nSPS) is 20.2. The van der Waals surface area contributed by atoms with Crippen LogP contribution in [0.1, 0.15) is 35.5 Å². The number of likely N-dealkylation sites (tertiary alicyclic amines) is 1. The molecule has 1 amide bonds. The molecule has 0 radical (unpaired) electrons. The summed E-state index contributed by atoms with van der Waals surface area (Å²) in [7, 11) is 0. The molecule has 0 bridgehead atoms. The van der Waals surface area contributed by atoms with Gasteiger partial charge in [0.25, 0.3) is 11.9 Å². The average Bonchev–Trinajstić information content (AvgIpc) is 3.22. The third-order valence-electron chi connectivity index (χ3n) is 7.30. The predicted octanol–water partition coefficient (Wildman–Crippen LogP) is 3.65. The van der Waals surface area contributed by atoms with Crippen LogP contribution in [-0.4, -0.2) is 54.7 Å². The number of halogens is 2. The van der Waals surface area contributed by atoms with Gasteiger partial charge in [-0.1, -0.05) is 0 Å². The fraction of sp³-hybridized carbons (Fsp3) is 0.321. The summed E-state index contributed by atoms with van der Waals surface area (Å²) < 4.78 is 35.9. The molecule has 4 heterocycles. The third kappa shape index (κ3) is 4.63. The molecule has 0 spiro atoms. The number of piperidine rings is 1. The molecule has 2 atom stereocenters. The monoisotopic (exact) mass is 531 g/mol. The first-order valence-electron chi connectivity index (χ1n) is 12.7. The van der Waals surface area contributed by atoms with E-state index in [9.17, 15) is 9.18 Å². The van der Waals surface area contributed by atoms with Crippen molar-refractivity contribution in [2.45, 2.75) is 32.4 Å². The number of nitrogens with two attached hydrogens (primary N) is 1. The van der Waals surface area contributed by atoms with Gasteiger partial charge in [0.15, 0.2) is 0 Å². The fourth-order valence-electron chi connectivity index (χ4n) is 5.09. The van der Waals surface area contributed by atoms with Crippen LogP contribution in [-0.2, 0) is 5.54 Å². The van der Waals surface area contributed by atoms with Gasteiger partial charge in [-0.25, -0.2) is 19.3 Å². The lowest BCUT2D eigenvalue weighted by molar-refractivity contribution is 0.0746. The second kappa shape index (κ2) is 9.19. The first-order chi connectivity index (χ1) is 18.6. The van der Waals surface area contributed by atoms with Crippen molar-refractivity contribution in [3.63, 3.8) is 0 Å². The van der Waals surface area contributed by atoms with Gasteiger partial charge in [0.1, 0.15) is 17.5 Å². The minimum absolute atomic E-state index is 0.0604. The van der Waals surface area contributed by atoms with E-state index in [1.807, 2.05) is 26.0 Å². The first kappa shape index (κ1) is 25.1. The van der Waals surface area contributed by atoms with Gasteiger partial charge in [0.05, 0.1) is 11.4 Å². The van der Waals surface area contributed by atoms with Crippen molar-refractivity contribution < 1.29 is 18.3 Å². The molecule has 9 nitrogen and oxygen atoms in total. The van der Waals surface area contributed by atoms with Crippen LogP contribution >= 0.6 is 0 Å². The molecule has 1 aliphatic carbocycles. The number of benzene rings is 1. The van der Waals surface area contributed by atoms with Gasteiger partial charge in [-0.3, -0.25) is 4.79 Å². The number of fused-ring (bicyclic) bond motifs is 1. The van der Waals surface area contributed by atoms with E-state index in [4.69, 9.17) is 10.5 Å². The Bertz CT molecular complexity index is 1540. The van der Waals surface area contributed by atoms with Crippen molar-refractivity contribution in [2.24, 2.45) is 17.6 Å². The third-order valence-corrected chi connectivity index (χ3v) is 7.30. The molecule has 1 aromatic carbocycles. The van der Waals surface area contributed by atoms with Crippen molar-refractivity contribution in [3.05, 3.63) is 83.4 Å². The number of rotatable bonds is 6. The van der Waals surface area contributed by atoms with Crippen LogP contribution in [0.3, 0.4) is 0 Å². The molecule has 2 aliphatic rings. The Balaban J connectivity index is 1.17. The number of amides is 1. The zero-order chi connectivity index (χ0) is 27.5. The maximum absolute atomic E-state index is 15.2. The van der Waals surface area contributed by atoms with Crippen LogP contribution in [0, 0.1) is 30.5 Å². The summed E-state index contributed by atoms with van der Waals surface area (Å²) in [6, 6.07) is 11.4. The Morgan fingerprint density at radius 3 is 2.38 bits per heavy atom. The number of aromatic nitrogens is 5. The zero-order valence-electron chi connectivity index (χ0n) is 21.7. The highest BCUT2D eigenvalue weighted by Crippen LogP contribution is 2.48. The number of carbonyl (C=O) groups excluding carboxylic acids is 1. The standard InChI is InChI=1S/C28H27F2N7O2/c1-15-23(25(30)37(35-15)27-32-9-4-10-33-27)26(38)36-13-19-20(14-36)24(19)39-22-12-17(28(2,3)31)11-21(34-22)16-5-7-18(29)8-6-16/h4-12,19-20,24H,13-14,31H2,1-3H3. The summed E-state index contributed by atoms with van der Waals surface area (Å²) in [5.74, 6) is -0.825. The highest BCUT2D eigenvalue weighted by atomic mass is 19.1. The Labute approximate surface area is 223 Å². The van der Waals surface area contributed by atoms with Crippen LogP contribution in [0.15, 0.2) is 54.9 Å². The quantitative estimate of drug-likeness (QED) is 0.404. The molecule has 2 fully saturated rings. The SMILES string of the molecule is Cc1nn(-c2ncccn2)c(F)c1C(=O)N1CC2C(C1)C2Oc1cc(C(C)(C)N)cc(-c2ccc(F)cc2)n1. The van der Waals surface area contributed by atoms with Crippen molar-refractivity contribution in [2.75, 3.05) is 13.1 Å². The second-order valence-corrected chi connectivity index (χ2v) is 10.6. The number of nitrogens with zero attached hydrogens (tertiary/aromatic N) is 6. The van der Waals surface area contributed by atoms with Gasteiger partial charge in [-0.15, -0.1) is 0 Å². The van der Waals surface area contributed by atoms with E-state index in [1.54, 1.807) is 30.0 Å². The number of carbonyl (C=O) groups is 1. The lowest BCUT2D eigenvalue weighted by Crippen LogP contribution is -2.34. The summed E-state index contributed by atoms with van der Waals surface area (Å²) in [5.41, 5.74) is 8.14. The summed E-state index contributed by atoms with van der Waals surface area (Å²) in [6.07, 6.45) is 2.84. The molecule has 4 aromatic rings. The van der Waals surface area contributed by atoms with E-state index in [-0.39, 0.29) is 41.0 Å². The Morgan fingerprint density at radius 1 is 1.08 bits per heavy atom. The number of aryl methyl sites for hydroxylation is 1. The number of ether oxygens (including phenoxy) is 1. The molecule has 1 saturated heterocycles. The number of hydrogen-bond acceptors (Lipinski definition) is 7. The van der Waals surface area contributed by atoms with Gasteiger partial charge in [-0.05, 0) is 62.7 Å². The van der Waals surface area contributed by atoms with Gasteiger partial charge in [0, 0.05) is 54.5 Å². The van der Waals surface area contributed by atoms with Crippen molar-refractivity contribution >= 4 is 5.91 Å². The van der Waals surface area contributed by atoms with Gasteiger partial charge in [-0.2, -0.15) is 14.2 Å². The van der Waals surface area contributed by atoms with Crippen molar-refractivity contribution in [1.29, 1.82) is 0 Å².